The van der Waals surface area contributed by atoms with E-state index in [1.54, 1.807) is 48.5 Å². The summed E-state index contributed by atoms with van der Waals surface area (Å²) in [4.78, 5) is 24.4. The van der Waals surface area contributed by atoms with E-state index >= 15 is 0 Å². The molecule has 1 aromatic heterocycles. The molecule has 30 heavy (non-hydrogen) atoms. The molecule has 0 bridgehead atoms. The number of anilines is 2. The van der Waals surface area contributed by atoms with Crippen molar-refractivity contribution < 1.29 is 18.8 Å². The molecule has 0 unspecified atom stereocenters. The molecule has 1 aliphatic rings. The molecule has 7 nitrogen and oxygen atoms in total. The summed E-state index contributed by atoms with van der Waals surface area (Å²) in [7, 11) is 0. The van der Waals surface area contributed by atoms with E-state index in [4.69, 9.17) is 9.26 Å². The summed E-state index contributed by atoms with van der Waals surface area (Å²) in [5, 5.41) is 9.65. The molecular weight excluding hydrogens is 382 g/mol. The Labute approximate surface area is 174 Å². The van der Waals surface area contributed by atoms with Crippen LogP contribution in [0, 0.1) is 19.8 Å². The molecular formula is C23H23N3O4. The van der Waals surface area contributed by atoms with Gasteiger partial charge in [0.15, 0.2) is 0 Å². The van der Waals surface area contributed by atoms with Crippen LogP contribution in [-0.2, 0) is 11.4 Å². The second kappa shape index (κ2) is 8.41. The zero-order chi connectivity index (χ0) is 21.1. The van der Waals surface area contributed by atoms with Crippen LogP contribution in [0.25, 0.3) is 0 Å². The van der Waals surface area contributed by atoms with Crippen molar-refractivity contribution in [2.75, 3.05) is 10.6 Å². The van der Waals surface area contributed by atoms with E-state index < -0.39 is 0 Å². The lowest BCUT2D eigenvalue weighted by Crippen LogP contribution is -2.14. The van der Waals surface area contributed by atoms with Crippen molar-refractivity contribution in [1.29, 1.82) is 0 Å². The molecule has 0 spiro atoms. The second-order valence-corrected chi connectivity index (χ2v) is 7.41. The van der Waals surface area contributed by atoms with Gasteiger partial charge in [0, 0.05) is 22.9 Å². The van der Waals surface area contributed by atoms with Gasteiger partial charge in [0.05, 0.1) is 11.3 Å². The minimum atomic E-state index is -0.243. The molecule has 1 heterocycles. The Morgan fingerprint density at radius 2 is 1.77 bits per heavy atom. The Hall–Kier alpha value is -3.61. The Kier molecular flexibility index (Phi) is 5.52. The second-order valence-electron chi connectivity index (χ2n) is 7.41. The first-order valence-corrected chi connectivity index (χ1v) is 9.86. The molecule has 1 saturated carbocycles. The van der Waals surface area contributed by atoms with E-state index in [-0.39, 0.29) is 17.7 Å². The van der Waals surface area contributed by atoms with Gasteiger partial charge in [0.2, 0.25) is 5.91 Å². The van der Waals surface area contributed by atoms with Gasteiger partial charge in [-0.2, -0.15) is 0 Å². The molecule has 7 heteroatoms. The number of nitrogens with one attached hydrogen (secondary N) is 2. The number of aromatic nitrogens is 1. The van der Waals surface area contributed by atoms with E-state index in [9.17, 15) is 9.59 Å². The van der Waals surface area contributed by atoms with Crippen molar-refractivity contribution in [3.8, 4) is 5.75 Å². The summed E-state index contributed by atoms with van der Waals surface area (Å²) in [6.07, 6.45) is 1.92. The molecule has 2 N–H and O–H groups in total. The van der Waals surface area contributed by atoms with E-state index in [2.05, 4.69) is 15.8 Å². The Morgan fingerprint density at radius 1 is 1.07 bits per heavy atom. The molecule has 2 aromatic carbocycles. The number of carbonyl (C=O) groups excluding carboxylic acids is 2. The summed E-state index contributed by atoms with van der Waals surface area (Å²) in [6.45, 7) is 4.02. The van der Waals surface area contributed by atoms with Crippen LogP contribution in [0.15, 0.2) is 53.1 Å². The van der Waals surface area contributed by atoms with Gasteiger partial charge in [-0.25, -0.2) is 0 Å². The van der Waals surface area contributed by atoms with Crippen LogP contribution in [0.4, 0.5) is 11.4 Å². The van der Waals surface area contributed by atoms with Gasteiger partial charge >= 0.3 is 0 Å². The SMILES string of the molecule is Cc1noc(C)c1COc1cccc(C(=O)Nc2ccc(NC(=O)C3CC3)cc2)c1. The first kappa shape index (κ1) is 19.7. The van der Waals surface area contributed by atoms with Crippen LogP contribution in [0.3, 0.4) is 0 Å². The van der Waals surface area contributed by atoms with E-state index in [1.807, 2.05) is 13.8 Å². The quantitative estimate of drug-likeness (QED) is 0.605. The van der Waals surface area contributed by atoms with Crippen LogP contribution in [0.2, 0.25) is 0 Å². The normalized spacial score (nSPS) is 13.0. The van der Waals surface area contributed by atoms with Crippen molar-refractivity contribution in [3.05, 3.63) is 71.1 Å². The molecule has 0 radical (unpaired) electrons. The van der Waals surface area contributed by atoms with Crippen molar-refractivity contribution in [1.82, 2.24) is 5.16 Å². The summed E-state index contributed by atoms with van der Waals surface area (Å²) in [6, 6.07) is 14.1. The van der Waals surface area contributed by atoms with Crippen molar-refractivity contribution >= 4 is 23.2 Å². The lowest BCUT2D eigenvalue weighted by molar-refractivity contribution is -0.117. The van der Waals surface area contributed by atoms with Gasteiger partial charge in [-0.05, 0) is 69.2 Å². The van der Waals surface area contributed by atoms with Gasteiger partial charge in [-0.15, -0.1) is 0 Å². The Balaban J connectivity index is 1.36. The van der Waals surface area contributed by atoms with Crippen LogP contribution in [0.5, 0.6) is 5.75 Å². The highest BCUT2D eigenvalue weighted by molar-refractivity contribution is 6.04. The first-order chi connectivity index (χ1) is 14.5. The minimum absolute atomic E-state index is 0.0557. The predicted octanol–water partition coefficient (Wildman–Crippen LogP) is 4.47. The fourth-order valence-electron chi connectivity index (χ4n) is 3.02. The number of hydrogen-bond donors (Lipinski definition) is 2. The van der Waals surface area contributed by atoms with Gasteiger partial charge in [0.1, 0.15) is 18.1 Å². The maximum absolute atomic E-state index is 12.6. The third-order valence-corrected chi connectivity index (χ3v) is 5.02. The molecule has 4 rings (SSSR count). The highest BCUT2D eigenvalue weighted by Gasteiger charge is 2.29. The third kappa shape index (κ3) is 4.68. The monoisotopic (exact) mass is 405 g/mol. The molecule has 3 aromatic rings. The molecule has 1 fully saturated rings. The van der Waals surface area contributed by atoms with E-state index in [0.717, 1.165) is 35.5 Å². The number of nitrogens with zero attached hydrogens (tertiary/aromatic N) is 1. The Bertz CT molecular complexity index is 1050. The number of hydrogen-bond acceptors (Lipinski definition) is 5. The van der Waals surface area contributed by atoms with Crippen LogP contribution in [-0.4, -0.2) is 17.0 Å². The average molecular weight is 405 g/mol. The number of rotatable bonds is 7. The zero-order valence-electron chi connectivity index (χ0n) is 16.9. The molecule has 0 atom stereocenters. The standard InChI is InChI=1S/C23H23N3O4/c1-14-21(15(2)30-26-14)13-29-20-5-3-4-17(12-20)23(28)25-19-10-8-18(9-11-19)24-22(27)16-6-7-16/h3-5,8-12,16H,6-7,13H2,1-2H3,(H,24,27)(H,25,28). The maximum atomic E-state index is 12.6. The summed E-state index contributed by atoms with van der Waals surface area (Å²) in [5.74, 6) is 1.27. The van der Waals surface area contributed by atoms with Crippen LogP contribution >= 0.6 is 0 Å². The first-order valence-electron chi connectivity index (χ1n) is 9.86. The summed E-state index contributed by atoms with van der Waals surface area (Å²) >= 11 is 0. The number of amides is 2. The lowest BCUT2D eigenvalue weighted by atomic mass is 10.2. The fraction of sp³-hybridized carbons (Fsp3) is 0.261. The molecule has 1 aliphatic carbocycles. The van der Waals surface area contributed by atoms with E-state index in [1.165, 1.54) is 0 Å². The van der Waals surface area contributed by atoms with Crippen LogP contribution < -0.4 is 15.4 Å². The maximum Gasteiger partial charge on any atom is 0.255 e. The molecule has 154 valence electrons. The number of carbonyl (C=O) groups is 2. The van der Waals surface area contributed by atoms with Crippen molar-refractivity contribution in [2.45, 2.75) is 33.3 Å². The van der Waals surface area contributed by atoms with Gasteiger partial charge in [-0.1, -0.05) is 11.2 Å². The lowest BCUT2D eigenvalue weighted by Gasteiger charge is -2.10. The Morgan fingerprint density at radius 3 is 2.40 bits per heavy atom. The highest BCUT2D eigenvalue weighted by atomic mass is 16.5. The highest BCUT2D eigenvalue weighted by Crippen LogP contribution is 2.30. The van der Waals surface area contributed by atoms with Crippen molar-refractivity contribution in [2.24, 2.45) is 5.92 Å². The summed E-state index contributed by atoms with van der Waals surface area (Å²) < 4.78 is 10.9. The third-order valence-electron chi connectivity index (χ3n) is 5.02. The van der Waals surface area contributed by atoms with Gasteiger partial charge in [-0.3, -0.25) is 9.59 Å². The number of benzene rings is 2. The number of ether oxygens (including phenoxy) is 1. The number of aryl methyl sites for hydroxylation is 2. The van der Waals surface area contributed by atoms with Crippen LogP contribution in [0.1, 0.15) is 40.2 Å². The molecule has 2 amide bonds. The average Bonchev–Trinajstić information content (AvgIpc) is 3.55. The molecule has 0 saturated heterocycles. The molecule has 0 aliphatic heterocycles. The van der Waals surface area contributed by atoms with E-state index in [0.29, 0.717) is 23.6 Å². The topological polar surface area (TPSA) is 93.5 Å². The smallest absolute Gasteiger partial charge is 0.255 e. The minimum Gasteiger partial charge on any atom is -0.489 e. The zero-order valence-corrected chi connectivity index (χ0v) is 16.9. The van der Waals surface area contributed by atoms with Gasteiger partial charge in [0.25, 0.3) is 5.91 Å². The largest absolute Gasteiger partial charge is 0.489 e. The fourth-order valence-corrected chi connectivity index (χ4v) is 3.02. The summed E-state index contributed by atoms with van der Waals surface area (Å²) in [5.41, 5.74) is 3.54. The van der Waals surface area contributed by atoms with Gasteiger partial charge < -0.3 is 19.9 Å². The predicted molar refractivity (Wildman–Crippen MR) is 112 cm³/mol. The van der Waals surface area contributed by atoms with Crippen molar-refractivity contribution in [3.63, 3.8) is 0 Å².